The molecule has 0 spiro atoms. The summed E-state index contributed by atoms with van der Waals surface area (Å²) in [4.78, 5) is 16.6. The van der Waals surface area contributed by atoms with Gasteiger partial charge in [0.25, 0.3) is 5.89 Å². The Morgan fingerprint density at radius 2 is 1.73 bits per heavy atom. The first-order valence-corrected chi connectivity index (χ1v) is 8.19. The largest absolute Gasteiger partial charge is 0.332 e. The summed E-state index contributed by atoms with van der Waals surface area (Å²) in [5.41, 5.74) is 3.73. The van der Waals surface area contributed by atoms with Gasteiger partial charge in [-0.3, -0.25) is 4.79 Å². The Morgan fingerprint density at radius 3 is 2.50 bits per heavy atom. The van der Waals surface area contributed by atoms with Crippen LogP contribution in [0.1, 0.15) is 11.1 Å². The molecule has 128 valence electrons. The molecule has 0 fully saturated rings. The molecule has 0 aliphatic heterocycles. The Kier molecular flexibility index (Phi) is 3.93. The third-order valence-corrected chi connectivity index (χ3v) is 4.12. The van der Waals surface area contributed by atoms with Crippen LogP contribution in [0.2, 0.25) is 0 Å². The topological polar surface area (TPSA) is 73.8 Å². The predicted molar refractivity (Wildman–Crippen MR) is 98.0 cm³/mol. The second kappa shape index (κ2) is 6.40. The summed E-state index contributed by atoms with van der Waals surface area (Å²) in [6.45, 7) is 3.98. The number of aromatic nitrogens is 4. The fraction of sp³-hybridized carbons (Fsp3) is 0.100. The zero-order valence-corrected chi connectivity index (χ0v) is 14.4. The van der Waals surface area contributed by atoms with E-state index in [1.54, 1.807) is 10.9 Å². The Morgan fingerprint density at radius 1 is 0.962 bits per heavy atom. The van der Waals surface area contributed by atoms with Crippen molar-refractivity contribution in [2.24, 2.45) is 0 Å². The highest BCUT2D eigenvalue weighted by atomic mass is 16.5. The molecule has 2 aromatic carbocycles. The second-order valence-corrected chi connectivity index (χ2v) is 6.05. The van der Waals surface area contributed by atoms with E-state index in [1.165, 1.54) is 6.07 Å². The van der Waals surface area contributed by atoms with Crippen LogP contribution in [-0.2, 0) is 0 Å². The van der Waals surface area contributed by atoms with Crippen LogP contribution in [0.15, 0.2) is 70.1 Å². The van der Waals surface area contributed by atoms with E-state index in [4.69, 9.17) is 4.52 Å². The zero-order valence-electron chi connectivity index (χ0n) is 14.4. The first-order chi connectivity index (χ1) is 12.6. The standard InChI is InChI=1S/C20H16N4O2/c1-13-7-9-15(10-8-13)24-12-11-17(25)18(22-24)20-21-19(23-26-20)16-6-4-3-5-14(16)2/h3-12H,1-2H3. The van der Waals surface area contributed by atoms with Gasteiger partial charge in [0, 0.05) is 17.8 Å². The van der Waals surface area contributed by atoms with Crippen molar-refractivity contribution in [3.63, 3.8) is 0 Å². The third kappa shape index (κ3) is 2.93. The zero-order chi connectivity index (χ0) is 18.1. The van der Waals surface area contributed by atoms with Crippen molar-refractivity contribution >= 4 is 0 Å². The number of aryl methyl sites for hydroxylation is 2. The van der Waals surface area contributed by atoms with E-state index < -0.39 is 0 Å². The van der Waals surface area contributed by atoms with Gasteiger partial charge in [-0.1, -0.05) is 47.1 Å². The molecule has 2 heterocycles. The quantitative estimate of drug-likeness (QED) is 0.568. The molecule has 0 N–H and O–H groups in total. The minimum absolute atomic E-state index is 0.106. The molecule has 0 amide bonds. The molecule has 6 nitrogen and oxygen atoms in total. The van der Waals surface area contributed by atoms with Crippen molar-refractivity contribution in [3.8, 4) is 28.7 Å². The van der Waals surface area contributed by atoms with Crippen LogP contribution in [0.5, 0.6) is 0 Å². The molecule has 4 rings (SSSR count). The molecular weight excluding hydrogens is 328 g/mol. The van der Waals surface area contributed by atoms with Crippen molar-refractivity contribution in [3.05, 3.63) is 82.1 Å². The fourth-order valence-corrected chi connectivity index (χ4v) is 2.65. The molecule has 0 unspecified atom stereocenters. The van der Waals surface area contributed by atoms with Gasteiger partial charge in [-0.15, -0.1) is 0 Å². The molecule has 0 atom stereocenters. The molecule has 4 aromatic rings. The van der Waals surface area contributed by atoms with Gasteiger partial charge in [0.1, 0.15) is 0 Å². The van der Waals surface area contributed by atoms with E-state index in [-0.39, 0.29) is 17.0 Å². The summed E-state index contributed by atoms with van der Waals surface area (Å²) in [6.07, 6.45) is 1.62. The summed E-state index contributed by atoms with van der Waals surface area (Å²) in [7, 11) is 0. The molecule has 0 bridgehead atoms. The van der Waals surface area contributed by atoms with Gasteiger partial charge in [0.15, 0.2) is 5.69 Å². The van der Waals surface area contributed by atoms with Crippen molar-refractivity contribution in [1.82, 2.24) is 19.9 Å². The molecule has 6 heteroatoms. The van der Waals surface area contributed by atoms with E-state index in [0.717, 1.165) is 22.4 Å². The van der Waals surface area contributed by atoms with E-state index >= 15 is 0 Å². The lowest BCUT2D eigenvalue weighted by Gasteiger charge is -2.06. The van der Waals surface area contributed by atoms with Gasteiger partial charge < -0.3 is 4.52 Å². The van der Waals surface area contributed by atoms with Crippen LogP contribution >= 0.6 is 0 Å². The second-order valence-electron chi connectivity index (χ2n) is 6.05. The lowest BCUT2D eigenvalue weighted by atomic mass is 10.1. The molecule has 0 aliphatic carbocycles. The first-order valence-electron chi connectivity index (χ1n) is 8.19. The Hall–Kier alpha value is -3.54. The monoisotopic (exact) mass is 344 g/mol. The van der Waals surface area contributed by atoms with Gasteiger partial charge in [0.2, 0.25) is 11.3 Å². The summed E-state index contributed by atoms with van der Waals surface area (Å²) >= 11 is 0. The van der Waals surface area contributed by atoms with Crippen molar-refractivity contribution in [2.45, 2.75) is 13.8 Å². The van der Waals surface area contributed by atoms with E-state index in [1.807, 2.05) is 62.4 Å². The smallest absolute Gasteiger partial charge is 0.282 e. The summed E-state index contributed by atoms with van der Waals surface area (Å²) < 4.78 is 6.93. The summed E-state index contributed by atoms with van der Waals surface area (Å²) in [5, 5.41) is 8.38. The molecule has 0 radical (unpaired) electrons. The van der Waals surface area contributed by atoms with Crippen molar-refractivity contribution in [1.29, 1.82) is 0 Å². The van der Waals surface area contributed by atoms with Crippen molar-refractivity contribution < 1.29 is 4.52 Å². The molecular formula is C20H16N4O2. The summed E-state index contributed by atoms with van der Waals surface area (Å²) in [5.74, 6) is 0.541. The van der Waals surface area contributed by atoms with Crippen LogP contribution in [0.25, 0.3) is 28.7 Å². The first kappa shape index (κ1) is 16.0. The van der Waals surface area contributed by atoms with Crippen LogP contribution in [-0.4, -0.2) is 19.9 Å². The SMILES string of the molecule is Cc1ccc(-n2ccc(=O)c(-c3nc(-c4ccccc4C)no3)n2)cc1. The maximum Gasteiger partial charge on any atom is 0.282 e. The third-order valence-electron chi connectivity index (χ3n) is 4.12. The predicted octanol–water partition coefficient (Wildman–Crippen LogP) is 3.57. The van der Waals surface area contributed by atoms with E-state index in [9.17, 15) is 4.79 Å². The number of benzene rings is 2. The van der Waals surface area contributed by atoms with Crippen LogP contribution in [0.3, 0.4) is 0 Å². The van der Waals surface area contributed by atoms with Gasteiger partial charge in [-0.2, -0.15) is 10.1 Å². The van der Waals surface area contributed by atoms with E-state index in [0.29, 0.717) is 5.82 Å². The highest BCUT2D eigenvalue weighted by molar-refractivity contribution is 5.61. The summed E-state index contributed by atoms with van der Waals surface area (Å²) in [6, 6.07) is 17.0. The minimum Gasteiger partial charge on any atom is -0.332 e. The maximum atomic E-state index is 12.3. The van der Waals surface area contributed by atoms with Gasteiger partial charge in [0.05, 0.1) is 5.69 Å². The van der Waals surface area contributed by atoms with Gasteiger partial charge in [-0.05, 0) is 31.5 Å². The fourth-order valence-electron chi connectivity index (χ4n) is 2.65. The normalized spacial score (nSPS) is 10.8. The Bertz CT molecular complexity index is 1130. The van der Waals surface area contributed by atoms with E-state index in [2.05, 4.69) is 15.2 Å². The molecule has 0 aliphatic rings. The number of rotatable bonds is 3. The number of hydrogen-bond acceptors (Lipinski definition) is 5. The van der Waals surface area contributed by atoms with Gasteiger partial charge in [-0.25, -0.2) is 4.68 Å². The average molecular weight is 344 g/mol. The molecule has 0 saturated heterocycles. The van der Waals surface area contributed by atoms with Crippen LogP contribution < -0.4 is 5.43 Å². The maximum absolute atomic E-state index is 12.3. The lowest BCUT2D eigenvalue weighted by Crippen LogP contribution is -2.12. The lowest BCUT2D eigenvalue weighted by molar-refractivity contribution is 0.429. The number of nitrogens with zero attached hydrogens (tertiary/aromatic N) is 4. The average Bonchev–Trinajstić information content (AvgIpc) is 3.13. The number of hydrogen-bond donors (Lipinski definition) is 0. The highest BCUT2D eigenvalue weighted by Crippen LogP contribution is 2.22. The van der Waals surface area contributed by atoms with Gasteiger partial charge >= 0.3 is 0 Å². The van der Waals surface area contributed by atoms with Crippen LogP contribution in [0.4, 0.5) is 0 Å². The Balaban J connectivity index is 1.77. The highest BCUT2D eigenvalue weighted by Gasteiger charge is 2.16. The molecule has 2 aromatic heterocycles. The molecule has 0 saturated carbocycles. The van der Waals surface area contributed by atoms with Crippen molar-refractivity contribution in [2.75, 3.05) is 0 Å². The minimum atomic E-state index is -0.270. The Labute approximate surface area is 149 Å². The molecule has 26 heavy (non-hydrogen) atoms. The van der Waals surface area contributed by atoms with Crippen LogP contribution in [0, 0.1) is 13.8 Å².